The first kappa shape index (κ1) is 19.9. The molecule has 3 fully saturated rings. The van der Waals surface area contributed by atoms with Gasteiger partial charge in [0.05, 0.1) is 11.2 Å². The summed E-state index contributed by atoms with van der Waals surface area (Å²) in [5.74, 6) is 2.48. The minimum atomic E-state index is 0.272. The van der Waals surface area contributed by atoms with Crippen molar-refractivity contribution in [2.24, 2.45) is 17.8 Å². The molecule has 31 heavy (non-hydrogen) atoms. The molecular formula is C29H40N2. The van der Waals surface area contributed by atoms with Crippen molar-refractivity contribution < 1.29 is 0 Å². The van der Waals surface area contributed by atoms with Crippen LogP contribution in [-0.2, 0) is 0 Å². The van der Waals surface area contributed by atoms with Gasteiger partial charge in [0.1, 0.15) is 6.17 Å². The van der Waals surface area contributed by atoms with Gasteiger partial charge in [-0.2, -0.15) is 0 Å². The predicted molar refractivity (Wildman–Crippen MR) is 130 cm³/mol. The number of hydrogen-bond donors (Lipinski definition) is 0. The Morgan fingerprint density at radius 2 is 1.35 bits per heavy atom. The van der Waals surface area contributed by atoms with E-state index < -0.39 is 0 Å². The Kier molecular flexibility index (Phi) is 4.96. The first-order chi connectivity index (χ1) is 15.2. The number of benzene rings is 1. The molecule has 1 aromatic carbocycles. The zero-order chi connectivity index (χ0) is 21.0. The molecule has 0 bridgehead atoms. The Bertz CT molecular complexity index is 862. The van der Waals surface area contributed by atoms with Crippen molar-refractivity contribution in [2.45, 2.75) is 103 Å². The van der Waals surface area contributed by atoms with Gasteiger partial charge in [0.15, 0.2) is 0 Å². The van der Waals surface area contributed by atoms with E-state index >= 15 is 0 Å². The Balaban J connectivity index is 1.51. The van der Waals surface area contributed by atoms with Gasteiger partial charge in [0, 0.05) is 11.4 Å². The lowest BCUT2D eigenvalue weighted by Gasteiger charge is -2.52. The van der Waals surface area contributed by atoms with Crippen LogP contribution in [0.25, 0.3) is 0 Å². The van der Waals surface area contributed by atoms with Crippen molar-refractivity contribution in [1.82, 2.24) is 4.90 Å². The molecule has 1 aromatic rings. The molecule has 0 saturated heterocycles. The number of para-hydroxylation sites is 1. The smallest absolute Gasteiger partial charge is 0.110 e. The second-order valence-corrected chi connectivity index (χ2v) is 11.1. The monoisotopic (exact) mass is 416 g/mol. The number of nitrogens with zero attached hydrogens (tertiary/aromatic N) is 2. The highest BCUT2D eigenvalue weighted by molar-refractivity contribution is 5.63. The molecule has 5 aliphatic rings. The van der Waals surface area contributed by atoms with Crippen LogP contribution in [0.1, 0.15) is 89.5 Å². The first-order valence-corrected chi connectivity index (χ1v) is 13.3. The number of aryl methyl sites for hydroxylation is 1. The Morgan fingerprint density at radius 1 is 0.774 bits per heavy atom. The van der Waals surface area contributed by atoms with E-state index in [1.807, 2.05) is 0 Å². The number of anilines is 1. The van der Waals surface area contributed by atoms with Crippen LogP contribution in [0.3, 0.4) is 0 Å². The summed E-state index contributed by atoms with van der Waals surface area (Å²) >= 11 is 0. The highest BCUT2D eigenvalue weighted by Crippen LogP contribution is 2.58. The van der Waals surface area contributed by atoms with Crippen LogP contribution in [0, 0.1) is 24.7 Å². The molecule has 6 rings (SSSR count). The van der Waals surface area contributed by atoms with Crippen LogP contribution in [0.4, 0.5) is 5.69 Å². The first-order valence-electron chi connectivity index (χ1n) is 13.3. The van der Waals surface area contributed by atoms with Crippen molar-refractivity contribution >= 4 is 5.69 Å². The molecule has 0 N–H and O–H groups in total. The lowest BCUT2D eigenvalue weighted by Crippen LogP contribution is -2.60. The van der Waals surface area contributed by atoms with Gasteiger partial charge in [-0.05, 0) is 87.8 Å². The van der Waals surface area contributed by atoms with E-state index in [0.717, 1.165) is 17.8 Å². The second kappa shape index (κ2) is 7.71. The quantitative estimate of drug-likeness (QED) is 0.500. The molecule has 0 radical (unpaired) electrons. The summed E-state index contributed by atoms with van der Waals surface area (Å²) in [5, 5.41) is 0. The lowest BCUT2D eigenvalue weighted by atomic mass is 9.71. The average molecular weight is 417 g/mol. The van der Waals surface area contributed by atoms with Crippen LogP contribution in [0.5, 0.6) is 0 Å². The summed E-state index contributed by atoms with van der Waals surface area (Å²) in [6.45, 7) is 4.72. The third-order valence-corrected chi connectivity index (χ3v) is 9.66. The molecule has 1 atom stereocenters. The number of allylic oxidation sites excluding steroid dienone is 2. The van der Waals surface area contributed by atoms with E-state index in [2.05, 4.69) is 60.1 Å². The fourth-order valence-corrected chi connectivity index (χ4v) is 8.29. The fraction of sp³-hybridized carbons (Fsp3) is 0.655. The molecule has 2 heteroatoms. The molecule has 1 unspecified atom stereocenters. The zero-order valence-corrected chi connectivity index (χ0v) is 19.7. The van der Waals surface area contributed by atoms with Crippen LogP contribution in [0.2, 0.25) is 0 Å². The maximum Gasteiger partial charge on any atom is 0.110 e. The van der Waals surface area contributed by atoms with Crippen molar-refractivity contribution in [2.75, 3.05) is 4.90 Å². The summed E-state index contributed by atoms with van der Waals surface area (Å²) in [6, 6.07) is 9.12. The minimum absolute atomic E-state index is 0.272. The van der Waals surface area contributed by atoms with E-state index in [0.29, 0.717) is 6.17 Å². The van der Waals surface area contributed by atoms with Crippen molar-refractivity contribution in [3.63, 3.8) is 0 Å². The maximum absolute atomic E-state index is 3.04. The topological polar surface area (TPSA) is 6.48 Å². The normalized spacial score (nSPS) is 29.2. The third-order valence-electron chi connectivity index (χ3n) is 9.66. The van der Waals surface area contributed by atoms with Crippen LogP contribution in [0.15, 0.2) is 47.8 Å². The highest BCUT2D eigenvalue weighted by atomic mass is 15.5. The van der Waals surface area contributed by atoms with E-state index in [-0.39, 0.29) is 5.54 Å². The van der Waals surface area contributed by atoms with E-state index in [9.17, 15) is 0 Å². The summed E-state index contributed by atoms with van der Waals surface area (Å²) in [7, 11) is 0. The largest absolute Gasteiger partial charge is 0.339 e. The standard InChI is InChI=1S/C29H40N2/c1-21-11-3-10-18-26(21)30-22(2)27-19-20-29(24-14-6-7-15-24,25-16-8-9-17-25)31(27)28(30)23-12-4-5-13-23/h3,10-11,18-20,23-25,28H,4-9,12-17H2,1-2H3. The van der Waals surface area contributed by atoms with Gasteiger partial charge >= 0.3 is 0 Å². The molecule has 2 aliphatic heterocycles. The summed E-state index contributed by atoms with van der Waals surface area (Å²) in [4.78, 5) is 5.82. The SMILES string of the molecule is CC1=C2C=CC(C3CCCC3)(C3CCCC3)N2C(C2CCCC2)N1c1ccccc1C. The average Bonchev–Trinajstić information content (AvgIpc) is 3.58. The van der Waals surface area contributed by atoms with Gasteiger partial charge in [-0.1, -0.05) is 62.8 Å². The van der Waals surface area contributed by atoms with Crippen LogP contribution in [-0.4, -0.2) is 16.6 Å². The van der Waals surface area contributed by atoms with E-state index in [1.165, 1.54) is 94.0 Å². The molecule has 0 amide bonds. The molecular weight excluding hydrogens is 376 g/mol. The summed E-state index contributed by atoms with van der Waals surface area (Å²) in [5.41, 5.74) is 6.19. The molecule has 3 aliphatic carbocycles. The van der Waals surface area contributed by atoms with Gasteiger partial charge in [0.25, 0.3) is 0 Å². The minimum Gasteiger partial charge on any atom is -0.339 e. The lowest BCUT2D eigenvalue weighted by molar-refractivity contribution is 0.0235. The van der Waals surface area contributed by atoms with Crippen LogP contribution < -0.4 is 4.90 Å². The number of hydrogen-bond acceptors (Lipinski definition) is 2. The summed E-state index contributed by atoms with van der Waals surface area (Å²) in [6.07, 6.45) is 22.9. The number of rotatable bonds is 4. The molecule has 0 spiro atoms. The van der Waals surface area contributed by atoms with Crippen molar-refractivity contribution in [3.05, 3.63) is 53.4 Å². The van der Waals surface area contributed by atoms with Crippen molar-refractivity contribution in [3.8, 4) is 0 Å². The van der Waals surface area contributed by atoms with Gasteiger partial charge < -0.3 is 9.80 Å². The number of fused-ring (bicyclic) bond motifs is 1. The van der Waals surface area contributed by atoms with Gasteiger partial charge in [-0.25, -0.2) is 0 Å². The third kappa shape index (κ3) is 2.89. The molecule has 166 valence electrons. The molecule has 2 heterocycles. The zero-order valence-electron chi connectivity index (χ0n) is 19.7. The van der Waals surface area contributed by atoms with Crippen molar-refractivity contribution in [1.29, 1.82) is 0 Å². The summed E-state index contributed by atoms with van der Waals surface area (Å²) < 4.78 is 0. The fourth-order valence-electron chi connectivity index (χ4n) is 8.29. The Morgan fingerprint density at radius 3 is 1.97 bits per heavy atom. The van der Waals surface area contributed by atoms with E-state index in [4.69, 9.17) is 0 Å². The highest BCUT2D eigenvalue weighted by Gasteiger charge is 2.58. The van der Waals surface area contributed by atoms with Crippen LogP contribution >= 0.6 is 0 Å². The van der Waals surface area contributed by atoms with Gasteiger partial charge in [-0.3, -0.25) is 0 Å². The van der Waals surface area contributed by atoms with Gasteiger partial charge in [0.2, 0.25) is 0 Å². The molecule has 0 aromatic heterocycles. The maximum atomic E-state index is 3.04. The Labute approximate surface area is 189 Å². The second-order valence-electron chi connectivity index (χ2n) is 11.1. The molecule has 3 saturated carbocycles. The van der Waals surface area contributed by atoms with Gasteiger partial charge in [-0.15, -0.1) is 0 Å². The Hall–Kier alpha value is -1.70. The van der Waals surface area contributed by atoms with E-state index in [1.54, 1.807) is 5.70 Å². The predicted octanol–water partition coefficient (Wildman–Crippen LogP) is 7.55. The molecule has 2 nitrogen and oxygen atoms in total.